The molecule has 0 radical (unpaired) electrons. The number of fused-ring (bicyclic) bond motifs is 3. The van der Waals surface area contributed by atoms with Crippen LogP contribution >= 0.6 is 11.8 Å². The first-order valence-corrected chi connectivity index (χ1v) is 10.9. The zero-order valence-electron chi connectivity index (χ0n) is 17.3. The van der Waals surface area contributed by atoms with Crippen LogP contribution in [-0.2, 0) is 6.42 Å². The molecule has 3 heterocycles. The third kappa shape index (κ3) is 3.21. The van der Waals surface area contributed by atoms with Crippen molar-refractivity contribution >= 4 is 28.4 Å². The SMILES string of the molecule is CCc1noc(C(C)Sc2nnc3n(-c4ccccc4C)c(=O)c4ccccc4n23)n1. The summed E-state index contributed by atoms with van der Waals surface area (Å²) >= 11 is 1.46. The van der Waals surface area contributed by atoms with Gasteiger partial charge < -0.3 is 4.52 Å². The number of benzene rings is 2. The number of aryl methyl sites for hydroxylation is 2. The van der Waals surface area contributed by atoms with Crippen LogP contribution in [0.4, 0.5) is 0 Å². The van der Waals surface area contributed by atoms with Crippen LogP contribution in [0.2, 0.25) is 0 Å². The number of rotatable bonds is 5. The van der Waals surface area contributed by atoms with E-state index in [1.807, 2.05) is 73.7 Å². The maximum Gasteiger partial charge on any atom is 0.267 e. The summed E-state index contributed by atoms with van der Waals surface area (Å²) in [6.45, 7) is 5.94. The molecule has 0 saturated heterocycles. The maximum absolute atomic E-state index is 13.4. The van der Waals surface area contributed by atoms with Gasteiger partial charge in [-0.3, -0.25) is 9.20 Å². The Bertz CT molecular complexity index is 1470. The lowest BCUT2D eigenvalue weighted by atomic mass is 10.2. The molecular weight excluding hydrogens is 412 g/mol. The average Bonchev–Trinajstić information content (AvgIpc) is 3.43. The molecular formula is C22H20N6O2S. The summed E-state index contributed by atoms with van der Waals surface area (Å²) in [5.41, 5.74) is 2.39. The summed E-state index contributed by atoms with van der Waals surface area (Å²) in [4.78, 5) is 17.9. The van der Waals surface area contributed by atoms with Crippen LogP contribution < -0.4 is 5.56 Å². The van der Waals surface area contributed by atoms with Gasteiger partial charge in [0, 0.05) is 6.42 Å². The zero-order valence-corrected chi connectivity index (χ0v) is 18.1. The topological polar surface area (TPSA) is 91.1 Å². The molecule has 0 bridgehead atoms. The lowest BCUT2D eigenvalue weighted by Gasteiger charge is -2.13. The van der Waals surface area contributed by atoms with Gasteiger partial charge in [-0.1, -0.05) is 54.2 Å². The average molecular weight is 433 g/mol. The van der Waals surface area contributed by atoms with E-state index >= 15 is 0 Å². The first-order valence-electron chi connectivity index (χ1n) is 10.0. The van der Waals surface area contributed by atoms with Crippen molar-refractivity contribution < 1.29 is 4.52 Å². The largest absolute Gasteiger partial charge is 0.338 e. The second kappa shape index (κ2) is 7.66. The first-order chi connectivity index (χ1) is 15.1. The summed E-state index contributed by atoms with van der Waals surface area (Å²) < 4.78 is 8.94. The van der Waals surface area contributed by atoms with E-state index in [0.717, 1.165) is 16.8 Å². The molecule has 156 valence electrons. The minimum absolute atomic E-state index is 0.126. The van der Waals surface area contributed by atoms with Gasteiger partial charge in [0.15, 0.2) is 11.0 Å². The van der Waals surface area contributed by atoms with Crippen molar-refractivity contribution in [3.63, 3.8) is 0 Å². The van der Waals surface area contributed by atoms with E-state index in [4.69, 9.17) is 4.52 Å². The van der Waals surface area contributed by atoms with Crippen molar-refractivity contribution in [1.29, 1.82) is 0 Å². The molecule has 0 aliphatic heterocycles. The molecule has 5 aromatic rings. The molecule has 1 unspecified atom stereocenters. The Hall–Kier alpha value is -3.46. The Morgan fingerprint density at radius 3 is 2.65 bits per heavy atom. The van der Waals surface area contributed by atoms with Crippen LogP contribution in [0.15, 0.2) is 63.0 Å². The highest BCUT2D eigenvalue weighted by Gasteiger charge is 2.22. The zero-order chi connectivity index (χ0) is 21.5. The fourth-order valence-corrected chi connectivity index (χ4v) is 4.46. The van der Waals surface area contributed by atoms with E-state index in [1.165, 1.54) is 11.8 Å². The molecule has 31 heavy (non-hydrogen) atoms. The van der Waals surface area contributed by atoms with Crippen molar-refractivity contribution in [3.8, 4) is 5.69 Å². The quantitative estimate of drug-likeness (QED) is 0.386. The van der Waals surface area contributed by atoms with Crippen LogP contribution in [0, 0.1) is 6.92 Å². The first kappa shape index (κ1) is 19.5. The number of nitrogens with zero attached hydrogens (tertiary/aromatic N) is 6. The van der Waals surface area contributed by atoms with Gasteiger partial charge in [-0.2, -0.15) is 4.98 Å². The van der Waals surface area contributed by atoms with Gasteiger partial charge in [-0.25, -0.2) is 4.57 Å². The number of hydrogen-bond acceptors (Lipinski definition) is 7. The fourth-order valence-electron chi connectivity index (χ4n) is 3.57. The summed E-state index contributed by atoms with van der Waals surface area (Å²) in [5.74, 6) is 1.68. The van der Waals surface area contributed by atoms with Crippen LogP contribution in [0.25, 0.3) is 22.4 Å². The van der Waals surface area contributed by atoms with Crippen LogP contribution in [0.1, 0.15) is 36.4 Å². The Labute approximate surface area is 181 Å². The molecule has 0 saturated carbocycles. The Balaban J connectivity index is 1.73. The molecule has 2 aromatic carbocycles. The number of hydrogen-bond donors (Lipinski definition) is 0. The van der Waals surface area contributed by atoms with Crippen molar-refractivity contribution in [2.45, 2.75) is 37.6 Å². The van der Waals surface area contributed by atoms with Crippen LogP contribution in [0.3, 0.4) is 0 Å². The van der Waals surface area contributed by atoms with E-state index in [9.17, 15) is 4.79 Å². The highest BCUT2D eigenvalue weighted by Crippen LogP contribution is 2.34. The second-order valence-electron chi connectivity index (χ2n) is 7.22. The lowest BCUT2D eigenvalue weighted by molar-refractivity contribution is 0.375. The van der Waals surface area contributed by atoms with E-state index in [0.29, 0.717) is 34.5 Å². The van der Waals surface area contributed by atoms with E-state index in [-0.39, 0.29) is 10.8 Å². The van der Waals surface area contributed by atoms with E-state index < -0.39 is 0 Å². The molecule has 0 N–H and O–H groups in total. The lowest BCUT2D eigenvalue weighted by Crippen LogP contribution is -2.22. The normalized spacial score (nSPS) is 12.6. The van der Waals surface area contributed by atoms with Gasteiger partial charge in [0.2, 0.25) is 11.7 Å². The summed E-state index contributed by atoms with van der Waals surface area (Å²) in [6, 6.07) is 15.3. The predicted octanol–water partition coefficient (Wildman–Crippen LogP) is 4.14. The molecule has 0 spiro atoms. The van der Waals surface area contributed by atoms with Crippen molar-refractivity contribution in [3.05, 3.63) is 76.2 Å². The molecule has 0 fully saturated rings. The number of para-hydroxylation sites is 2. The highest BCUT2D eigenvalue weighted by atomic mass is 32.2. The van der Waals surface area contributed by atoms with Gasteiger partial charge in [-0.15, -0.1) is 10.2 Å². The molecule has 8 nitrogen and oxygen atoms in total. The predicted molar refractivity (Wildman–Crippen MR) is 119 cm³/mol. The monoisotopic (exact) mass is 432 g/mol. The van der Waals surface area contributed by atoms with Crippen LogP contribution in [0.5, 0.6) is 0 Å². The Morgan fingerprint density at radius 2 is 1.87 bits per heavy atom. The van der Waals surface area contributed by atoms with Gasteiger partial charge in [0.1, 0.15) is 0 Å². The van der Waals surface area contributed by atoms with Gasteiger partial charge in [0.05, 0.1) is 21.8 Å². The second-order valence-corrected chi connectivity index (χ2v) is 8.53. The van der Waals surface area contributed by atoms with Crippen molar-refractivity contribution in [2.75, 3.05) is 0 Å². The Kier molecular flexibility index (Phi) is 4.82. The molecule has 5 rings (SSSR count). The number of aromatic nitrogens is 6. The summed E-state index contributed by atoms with van der Waals surface area (Å²) in [6.07, 6.45) is 0.710. The minimum Gasteiger partial charge on any atom is -0.338 e. The third-order valence-corrected chi connectivity index (χ3v) is 6.21. The molecule has 1 atom stereocenters. The van der Waals surface area contributed by atoms with Crippen LogP contribution in [-0.4, -0.2) is 29.3 Å². The molecule has 0 amide bonds. The Morgan fingerprint density at radius 1 is 1.10 bits per heavy atom. The third-order valence-electron chi connectivity index (χ3n) is 5.18. The smallest absolute Gasteiger partial charge is 0.267 e. The maximum atomic E-state index is 13.4. The van der Waals surface area contributed by atoms with Gasteiger partial charge >= 0.3 is 0 Å². The number of thioether (sulfide) groups is 1. The van der Waals surface area contributed by atoms with Gasteiger partial charge in [0.25, 0.3) is 5.56 Å². The highest BCUT2D eigenvalue weighted by molar-refractivity contribution is 7.99. The van der Waals surface area contributed by atoms with Gasteiger partial charge in [-0.05, 0) is 37.6 Å². The molecule has 3 aromatic heterocycles. The standard InChI is InChI=1S/C22H20N6O2S/c1-4-18-23-19(30-26-18)14(3)31-22-25-24-21-27(16-11-7-5-9-13(16)2)20(29)15-10-6-8-12-17(15)28(21)22/h5-12,14H,4H2,1-3H3. The van der Waals surface area contributed by atoms with E-state index in [2.05, 4.69) is 20.3 Å². The molecule has 9 heteroatoms. The molecule has 0 aliphatic carbocycles. The van der Waals surface area contributed by atoms with Crippen molar-refractivity contribution in [1.82, 2.24) is 29.3 Å². The minimum atomic E-state index is -0.127. The van der Waals surface area contributed by atoms with Crippen molar-refractivity contribution in [2.24, 2.45) is 0 Å². The molecule has 0 aliphatic rings. The van der Waals surface area contributed by atoms with E-state index in [1.54, 1.807) is 4.57 Å². The summed E-state index contributed by atoms with van der Waals surface area (Å²) in [7, 11) is 0. The summed E-state index contributed by atoms with van der Waals surface area (Å²) in [5, 5.41) is 13.9. The fraction of sp³-hybridized carbons (Fsp3) is 0.227.